The molecule has 3 heteroatoms. The van der Waals surface area contributed by atoms with E-state index >= 15 is 0 Å². The van der Waals surface area contributed by atoms with Crippen LogP contribution in [0.4, 0.5) is 0 Å². The molecule has 0 fully saturated rings. The minimum absolute atomic E-state index is 0.0589. The van der Waals surface area contributed by atoms with Gasteiger partial charge in [-0.15, -0.1) is 0 Å². The molecule has 0 aromatic heterocycles. The van der Waals surface area contributed by atoms with Gasteiger partial charge in [0, 0.05) is 17.7 Å². The molecule has 0 spiro atoms. The van der Waals surface area contributed by atoms with Crippen molar-refractivity contribution in [3.05, 3.63) is 89.5 Å². The van der Waals surface area contributed by atoms with Crippen molar-refractivity contribution in [2.45, 2.75) is 25.7 Å². The highest BCUT2D eigenvalue weighted by atomic mass is 16.4. The second kappa shape index (κ2) is 9.38. The van der Waals surface area contributed by atoms with E-state index < -0.39 is 5.97 Å². The zero-order valence-corrected chi connectivity index (χ0v) is 14.4. The highest BCUT2D eigenvalue weighted by molar-refractivity contribution is 6.00. The minimum atomic E-state index is -0.929. The Morgan fingerprint density at radius 1 is 1.08 bits per heavy atom. The first-order valence-corrected chi connectivity index (χ1v) is 8.40. The van der Waals surface area contributed by atoms with Gasteiger partial charge in [-0.25, -0.2) is 4.79 Å². The van der Waals surface area contributed by atoms with Crippen LogP contribution in [0, 0.1) is 5.41 Å². The highest BCUT2D eigenvalue weighted by Crippen LogP contribution is 2.22. The van der Waals surface area contributed by atoms with E-state index in [1.165, 1.54) is 0 Å². The predicted octanol–water partition coefficient (Wildman–Crippen LogP) is 5.10. The van der Waals surface area contributed by atoms with Crippen LogP contribution in [0.1, 0.15) is 36.0 Å². The van der Waals surface area contributed by atoms with Crippen molar-refractivity contribution in [2.24, 2.45) is 0 Å². The number of aliphatic carboxylic acids is 1. The number of hydrogen-bond acceptors (Lipinski definition) is 2. The Kier molecular flexibility index (Phi) is 6.90. The van der Waals surface area contributed by atoms with Gasteiger partial charge in [0.2, 0.25) is 0 Å². The molecule has 0 radical (unpaired) electrons. The molecule has 25 heavy (non-hydrogen) atoms. The lowest BCUT2D eigenvalue weighted by atomic mass is 9.90. The molecule has 1 atom stereocenters. The lowest BCUT2D eigenvalue weighted by Gasteiger charge is -2.15. The summed E-state index contributed by atoms with van der Waals surface area (Å²) in [6, 6.07) is 18.0. The van der Waals surface area contributed by atoms with Crippen molar-refractivity contribution in [3.63, 3.8) is 0 Å². The van der Waals surface area contributed by atoms with Crippen LogP contribution < -0.4 is 0 Å². The normalized spacial score (nSPS) is 12.5. The van der Waals surface area contributed by atoms with E-state index in [-0.39, 0.29) is 5.92 Å². The van der Waals surface area contributed by atoms with Gasteiger partial charge in [0.1, 0.15) is 0 Å². The maximum absolute atomic E-state index is 10.5. The van der Waals surface area contributed by atoms with E-state index in [4.69, 9.17) is 10.5 Å². The minimum Gasteiger partial charge on any atom is -0.478 e. The predicted molar refractivity (Wildman–Crippen MR) is 103 cm³/mol. The number of nitrogens with one attached hydrogen (secondary N) is 1. The van der Waals surface area contributed by atoms with Gasteiger partial charge in [-0.2, -0.15) is 0 Å². The molecule has 0 saturated heterocycles. The van der Waals surface area contributed by atoms with Crippen LogP contribution in [0.25, 0.3) is 6.08 Å². The molecule has 0 saturated carbocycles. The molecule has 0 aliphatic rings. The highest BCUT2D eigenvalue weighted by Gasteiger charge is 2.12. The van der Waals surface area contributed by atoms with Gasteiger partial charge in [0.05, 0.1) is 0 Å². The van der Waals surface area contributed by atoms with Crippen molar-refractivity contribution >= 4 is 17.8 Å². The summed E-state index contributed by atoms with van der Waals surface area (Å²) >= 11 is 0. The monoisotopic (exact) mass is 333 g/mol. The average molecular weight is 333 g/mol. The first kappa shape index (κ1) is 18.4. The third kappa shape index (κ3) is 5.88. The van der Waals surface area contributed by atoms with Crippen LogP contribution in [0.3, 0.4) is 0 Å². The molecule has 2 aromatic carbocycles. The summed E-state index contributed by atoms with van der Waals surface area (Å²) in [4.78, 5) is 10.5. The van der Waals surface area contributed by atoms with Crippen molar-refractivity contribution in [1.29, 1.82) is 5.41 Å². The van der Waals surface area contributed by atoms with Crippen LogP contribution in [0.15, 0.2) is 72.8 Å². The Labute approximate surface area is 148 Å². The lowest BCUT2D eigenvalue weighted by molar-refractivity contribution is -0.131. The molecule has 0 aliphatic heterocycles. The molecule has 2 N–H and O–H groups in total. The van der Waals surface area contributed by atoms with Gasteiger partial charge in [-0.3, -0.25) is 0 Å². The topological polar surface area (TPSA) is 61.2 Å². The van der Waals surface area contributed by atoms with E-state index in [1.54, 1.807) is 6.08 Å². The van der Waals surface area contributed by atoms with E-state index in [9.17, 15) is 4.79 Å². The third-order valence-corrected chi connectivity index (χ3v) is 4.03. The van der Waals surface area contributed by atoms with E-state index in [0.29, 0.717) is 12.1 Å². The molecule has 0 amide bonds. The van der Waals surface area contributed by atoms with Crippen molar-refractivity contribution in [1.82, 2.24) is 0 Å². The Morgan fingerprint density at radius 2 is 1.76 bits per heavy atom. The van der Waals surface area contributed by atoms with Crippen molar-refractivity contribution in [2.75, 3.05) is 0 Å². The molecule has 2 rings (SSSR count). The van der Waals surface area contributed by atoms with Gasteiger partial charge in [-0.05, 0) is 35.6 Å². The summed E-state index contributed by atoms with van der Waals surface area (Å²) < 4.78 is 0. The second-order valence-electron chi connectivity index (χ2n) is 5.85. The number of carboxylic acid groups (broad SMARTS) is 1. The van der Waals surface area contributed by atoms with Crippen LogP contribution in [0.5, 0.6) is 0 Å². The lowest BCUT2D eigenvalue weighted by Crippen LogP contribution is -2.08. The molecular formula is C22H23NO2. The van der Waals surface area contributed by atoms with Crippen LogP contribution in [0.2, 0.25) is 0 Å². The molecular weight excluding hydrogens is 310 g/mol. The number of carboxylic acids is 1. The average Bonchev–Trinajstić information content (AvgIpc) is 2.62. The van der Waals surface area contributed by atoms with E-state index in [2.05, 4.69) is 6.92 Å². The first-order valence-electron chi connectivity index (χ1n) is 8.40. The maximum Gasteiger partial charge on any atom is 0.327 e. The summed E-state index contributed by atoms with van der Waals surface area (Å²) in [7, 11) is 0. The quantitative estimate of drug-likeness (QED) is 0.522. The molecule has 0 aliphatic carbocycles. The summed E-state index contributed by atoms with van der Waals surface area (Å²) in [5.74, 6) is -0.870. The Morgan fingerprint density at radius 3 is 2.36 bits per heavy atom. The van der Waals surface area contributed by atoms with Crippen LogP contribution in [-0.4, -0.2) is 16.8 Å². The smallest absolute Gasteiger partial charge is 0.327 e. The standard InChI is InChI=1S/C22H23NO2/c1-2-20(21(23)16-13-17-7-4-3-5-8-17)19-14-11-18(12-15-19)9-6-10-22(24)25/h3-8,10-16,20,23H,2,9H2,1H3,(H,24,25)/b10-6+,16-13+,23-21?/t20-/m0/s1. The Hall–Kier alpha value is -2.94. The van der Waals surface area contributed by atoms with Crippen LogP contribution >= 0.6 is 0 Å². The third-order valence-electron chi connectivity index (χ3n) is 4.03. The number of carbonyl (C=O) groups is 1. The van der Waals surface area contributed by atoms with E-state index in [1.807, 2.05) is 66.7 Å². The van der Waals surface area contributed by atoms with Crippen LogP contribution in [-0.2, 0) is 11.2 Å². The Balaban J connectivity index is 2.05. The summed E-state index contributed by atoms with van der Waals surface area (Å²) in [6.07, 6.45) is 8.08. The molecule has 0 heterocycles. The number of rotatable bonds is 8. The first-order chi connectivity index (χ1) is 12.1. The fourth-order valence-corrected chi connectivity index (χ4v) is 2.68. The van der Waals surface area contributed by atoms with Gasteiger partial charge >= 0.3 is 5.97 Å². The maximum atomic E-state index is 10.5. The number of allylic oxidation sites excluding steroid dienone is 2. The van der Waals surface area contributed by atoms with Gasteiger partial charge in [-0.1, -0.05) is 73.7 Å². The second-order valence-corrected chi connectivity index (χ2v) is 5.85. The fourth-order valence-electron chi connectivity index (χ4n) is 2.68. The molecule has 3 nitrogen and oxygen atoms in total. The number of benzene rings is 2. The van der Waals surface area contributed by atoms with E-state index in [0.717, 1.165) is 29.2 Å². The van der Waals surface area contributed by atoms with Crippen molar-refractivity contribution < 1.29 is 9.90 Å². The van der Waals surface area contributed by atoms with Gasteiger partial charge < -0.3 is 10.5 Å². The SMILES string of the molecule is CC[C@H](C(=N)/C=C/c1ccccc1)c1ccc(C/C=C/C(=O)O)cc1. The van der Waals surface area contributed by atoms with Gasteiger partial charge in [0.15, 0.2) is 0 Å². The van der Waals surface area contributed by atoms with Crippen molar-refractivity contribution in [3.8, 4) is 0 Å². The molecule has 128 valence electrons. The molecule has 0 unspecified atom stereocenters. The largest absolute Gasteiger partial charge is 0.478 e. The zero-order valence-electron chi connectivity index (χ0n) is 14.4. The summed E-state index contributed by atoms with van der Waals surface area (Å²) in [5, 5.41) is 17.0. The zero-order chi connectivity index (χ0) is 18.1. The molecule has 2 aromatic rings. The summed E-state index contributed by atoms with van der Waals surface area (Å²) in [6.45, 7) is 2.08. The Bertz CT molecular complexity index is 758. The van der Waals surface area contributed by atoms with Gasteiger partial charge in [0.25, 0.3) is 0 Å². The number of hydrogen-bond donors (Lipinski definition) is 2. The summed E-state index contributed by atoms with van der Waals surface area (Å²) in [5.41, 5.74) is 3.84. The molecule has 0 bridgehead atoms. The fraction of sp³-hybridized carbons (Fsp3) is 0.182.